The van der Waals surface area contributed by atoms with Crippen molar-refractivity contribution in [3.63, 3.8) is 0 Å². The summed E-state index contributed by atoms with van der Waals surface area (Å²) in [6.07, 6.45) is 8.22. The topological polar surface area (TPSA) is 35.2 Å². The Kier molecular flexibility index (Phi) is 5.22. The SMILES string of the molecule is Cc1ccc(C(OC2CCCCCC2)C(C)N)s1. The summed E-state index contributed by atoms with van der Waals surface area (Å²) in [5, 5.41) is 0. The fourth-order valence-corrected chi connectivity index (χ4v) is 3.67. The Bertz CT molecular complexity index is 353. The van der Waals surface area contributed by atoms with Crippen molar-refractivity contribution in [2.45, 2.75) is 70.6 Å². The molecule has 0 spiro atoms. The predicted molar refractivity (Wildman–Crippen MR) is 78.0 cm³/mol. The van der Waals surface area contributed by atoms with Crippen molar-refractivity contribution < 1.29 is 4.74 Å². The average Bonchev–Trinajstić information content (AvgIpc) is 2.61. The Hall–Kier alpha value is -0.380. The summed E-state index contributed by atoms with van der Waals surface area (Å²) in [7, 11) is 0. The van der Waals surface area contributed by atoms with Crippen LogP contribution in [-0.2, 0) is 4.74 Å². The number of nitrogens with two attached hydrogens (primary N) is 1. The number of hydrogen-bond donors (Lipinski definition) is 1. The fraction of sp³-hybridized carbons (Fsp3) is 0.733. The molecule has 0 radical (unpaired) electrons. The van der Waals surface area contributed by atoms with Gasteiger partial charge in [0.25, 0.3) is 0 Å². The molecule has 1 aromatic heterocycles. The number of rotatable bonds is 4. The highest BCUT2D eigenvalue weighted by molar-refractivity contribution is 7.12. The molecule has 1 fully saturated rings. The zero-order valence-corrected chi connectivity index (χ0v) is 12.3. The van der Waals surface area contributed by atoms with Crippen LogP contribution in [0.3, 0.4) is 0 Å². The van der Waals surface area contributed by atoms with Crippen LogP contribution in [-0.4, -0.2) is 12.1 Å². The normalized spacial score (nSPS) is 21.5. The van der Waals surface area contributed by atoms with Gasteiger partial charge in [-0.2, -0.15) is 0 Å². The van der Waals surface area contributed by atoms with Gasteiger partial charge in [0.15, 0.2) is 0 Å². The molecule has 1 aromatic rings. The first kappa shape index (κ1) is 14.0. The van der Waals surface area contributed by atoms with Crippen LogP contribution in [0.5, 0.6) is 0 Å². The molecular weight excluding hydrogens is 242 g/mol. The van der Waals surface area contributed by atoms with Crippen LogP contribution in [0, 0.1) is 6.92 Å². The quantitative estimate of drug-likeness (QED) is 0.830. The molecule has 0 bridgehead atoms. The summed E-state index contributed by atoms with van der Waals surface area (Å²) >= 11 is 1.81. The second-order valence-electron chi connectivity index (χ2n) is 5.48. The van der Waals surface area contributed by atoms with Gasteiger partial charge in [-0.25, -0.2) is 0 Å². The third-order valence-corrected chi connectivity index (χ3v) is 4.72. The molecule has 0 aromatic carbocycles. The van der Waals surface area contributed by atoms with Gasteiger partial charge in [-0.3, -0.25) is 0 Å². The van der Waals surface area contributed by atoms with E-state index >= 15 is 0 Å². The molecule has 2 unspecified atom stereocenters. The van der Waals surface area contributed by atoms with Gasteiger partial charge in [-0.1, -0.05) is 25.7 Å². The van der Waals surface area contributed by atoms with Gasteiger partial charge in [0.05, 0.1) is 6.10 Å². The molecule has 2 N–H and O–H groups in total. The highest BCUT2D eigenvalue weighted by Crippen LogP contribution is 2.31. The van der Waals surface area contributed by atoms with E-state index in [0.29, 0.717) is 6.10 Å². The van der Waals surface area contributed by atoms with Gasteiger partial charge < -0.3 is 10.5 Å². The van der Waals surface area contributed by atoms with Crippen LogP contribution in [0.4, 0.5) is 0 Å². The highest BCUT2D eigenvalue weighted by Gasteiger charge is 2.23. The molecular formula is C15H25NOS. The number of aryl methyl sites for hydroxylation is 1. The van der Waals surface area contributed by atoms with Crippen molar-refractivity contribution in [1.29, 1.82) is 0 Å². The molecule has 3 heteroatoms. The van der Waals surface area contributed by atoms with E-state index in [2.05, 4.69) is 26.0 Å². The van der Waals surface area contributed by atoms with Crippen molar-refractivity contribution in [3.8, 4) is 0 Å². The lowest BCUT2D eigenvalue weighted by molar-refractivity contribution is -0.0290. The minimum atomic E-state index is 0.0614. The second-order valence-corrected chi connectivity index (χ2v) is 6.80. The zero-order chi connectivity index (χ0) is 13.0. The minimum Gasteiger partial charge on any atom is -0.368 e. The van der Waals surface area contributed by atoms with Gasteiger partial charge in [-0.05, 0) is 38.8 Å². The Morgan fingerprint density at radius 2 is 1.89 bits per heavy atom. The molecule has 1 aliphatic rings. The minimum absolute atomic E-state index is 0.0614. The van der Waals surface area contributed by atoms with Gasteiger partial charge in [0.2, 0.25) is 0 Å². The second kappa shape index (κ2) is 6.69. The van der Waals surface area contributed by atoms with Crippen LogP contribution >= 0.6 is 11.3 Å². The van der Waals surface area contributed by atoms with Crippen molar-refractivity contribution in [2.75, 3.05) is 0 Å². The molecule has 2 rings (SSSR count). The van der Waals surface area contributed by atoms with Crippen molar-refractivity contribution in [2.24, 2.45) is 5.73 Å². The molecule has 102 valence electrons. The molecule has 18 heavy (non-hydrogen) atoms. The molecule has 2 nitrogen and oxygen atoms in total. The lowest BCUT2D eigenvalue weighted by atomic mass is 10.1. The van der Waals surface area contributed by atoms with Gasteiger partial charge in [-0.15, -0.1) is 11.3 Å². The van der Waals surface area contributed by atoms with Crippen LogP contribution in [0.2, 0.25) is 0 Å². The van der Waals surface area contributed by atoms with E-state index < -0.39 is 0 Å². The standard InChI is InChI=1S/C15H25NOS/c1-11-9-10-14(18-11)15(12(2)16)17-13-7-5-3-4-6-8-13/h9-10,12-13,15H,3-8,16H2,1-2H3. The lowest BCUT2D eigenvalue weighted by Gasteiger charge is -2.26. The maximum absolute atomic E-state index is 6.32. The molecule has 1 aliphatic carbocycles. The molecule has 1 heterocycles. The first-order valence-electron chi connectivity index (χ1n) is 7.14. The molecule has 1 saturated carbocycles. The van der Waals surface area contributed by atoms with Gasteiger partial charge in [0, 0.05) is 15.8 Å². The van der Waals surface area contributed by atoms with Crippen LogP contribution in [0.15, 0.2) is 12.1 Å². The third kappa shape index (κ3) is 3.81. The summed E-state index contributed by atoms with van der Waals surface area (Å²) in [5.74, 6) is 0. The monoisotopic (exact) mass is 267 g/mol. The van der Waals surface area contributed by atoms with Gasteiger partial charge >= 0.3 is 0 Å². The Morgan fingerprint density at radius 1 is 1.22 bits per heavy atom. The number of thiophene rings is 1. The largest absolute Gasteiger partial charge is 0.368 e. The van der Waals surface area contributed by atoms with E-state index in [0.717, 1.165) is 0 Å². The molecule has 0 aliphatic heterocycles. The smallest absolute Gasteiger partial charge is 0.107 e. The van der Waals surface area contributed by atoms with Crippen LogP contribution < -0.4 is 5.73 Å². The molecule has 0 saturated heterocycles. The van der Waals surface area contributed by atoms with E-state index in [1.807, 2.05) is 11.3 Å². The first-order chi connectivity index (χ1) is 8.66. The molecule has 0 amide bonds. The predicted octanol–water partition coefficient (Wildman–Crippen LogP) is 4.18. The summed E-state index contributed by atoms with van der Waals surface area (Å²) in [6, 6.07) is 4.39. The van der Waals surface area contributed by atoms with Crippen molar-refractivity contribution >= 4 is 11.3 Å². The Morgan fingerprint density at radius 3 is 2.39 bits per heavy atom. The maximum atomic E-state index is 6.32. The van der Waals surface area contributed by atoms with Crippen molar-refractivity contribution in [3.05, 3.63) is 21.9 Å². The first-order valence-corrected chi connectivity index (χ1v) is 7.96. The number of hydrogen-bond acceptors (Lipinski definition) is 3. The zero-order valence-electron chi connectivity index (χ0n) is 11.5. The lowest BCUT2D eigenvalue weighted by Crippen LogP contribution is -2.29. The summed E-state index contributed by atoms with van der Waals surface area (Å²) in [6.45, 7) is 4.19. The van der Waals surface area contributed by atoms with E-state index in [-0.39, 0.29) is 12.1 Å². The van der Waals surface area contributed by atoms with E-state index in [4.69, 9.17) is 10.5 Å². The van der Waals surface area contributed by atoms with E-state index in [1.165, 1.54) is 48.3 Å². The average molecular weight is 267 g/mol. The van der Waals surface area contributed by atoms with E-state index in [9.17, 15) is 0 Å². The number of ether oxygens (including phenoxy) is 1. The fourth-order valence-electron chi connectivity index (χ4n) is 2.64. The highest BCUT2D eigenvalue weighted by atomic mass is 32.1. The van der Waals surface area contributed by atoms with Gasteiger partial charge in [0.1, 0.15) is 6.10 Å². The van der Waals surface area contributed by atoms with Crippen molar-refractivity contribution in [1.82, 2.24) is 0 Å². The van der Waals surface area contributed by atoms with E-state index in [1.54, 1.807) is 0 Å². The molecule has 2 atom stereocenters. The van der Waals surface area contributed by atoms with Crippen LogP contribution in [0.1, 0.15) is 61.3 Å². The summed E-state index contributed by atoms with van der Waals surface area (Å²) in [5.41, 5.74) is 6.12. The third-order valence-electron chi connectivity index (χ3n) is 3.66. The van der Waals surface area contributed by atoms with Crippen LogP contribution in [0.25, 0.3) is 0 Å². The maximum Gasteiger partial charge on any atom is 0.107 e. The summed E-state index contributed by atoms with van der Waals surface area (Å²) < 4.78 is 6.32. The Labute approximate surface area is 115 Å². The summed E-state index contributed by atoms with van der Waals surface area (Å²) in [4.78, 5) is 2.62. The Balaban J connectivity index is 2.01.